The van der Waals surface area contributed by atoms with Gasteiger partial charge in [-0.05, 0) is 68.1 Å². The normalized spacial score (nSPS) is 49.7. The van der Waals surface area contributed by atoms with Crippen molar-refractivity contribution in [3.63, 3.8) is 0 Å². The van der Waals surface area contributed by atoms with Crippen LogP contribution in [0.1, 0.15) is 86.0 Å². The summed E-state index contributed by atoms with van der Waals surface area (Å²) >= 11 is 0. The molecule has 0 bridgehead atoms. The van der Waals surface area contributed by atoms with E-state index in [1.807, 2.05) is 13.8 Å². The highest BCUT2D eigenvalue weighted by Gasteiger charge is 2.64. The fourth-order valence-corrected chi connectivity index (χ4v) is 10.9. The second-order valence-electron chi connectivity index (χ2n) is 17.2. The number of ketones is 2. The zero-order chi connectivity index (χ0) is 37.2. The molecule has 0 amide bonds. The van der Waals surface area contributed by atoms with E-state index in [1.165, 1.54) is 6.92 Å². The van der Waals surface area contributed by atoms with Crippen LogP contribution in [0.5, 0.6) is 0 Å². The topological polar surface area (TPSA) is 213 Å². The van der Waals surface area contributed by atoms with Gasteiger partial charge in [-0.2, -0.15) is 0 Å². The highest BCUT2D eigenvalue weighted by atomic mass is 16.8. The molecule has 2 saturated heterocycles. The first kappa shape index (κ1) is 39.3. The van der Waals surface area contributed by atoms with Gasteiger partial charge in [-0.3, -0.25) is 9.59 Å². The van der Waals surface area contributed by atoms with Crippen LogP contribution in [-0.2, 0) is 28.5 Å². The summed E-state index contributed by atoms with van der Waals surface area (Å²) in [6, 6.07) is 0. The first-order chi connectivity index (χ1) is 24.0. The number of carbonyl (C=O) groups is 2. The van der Waals surface area contributed by atoms with Gasteiger partial charge in [0.15, 0.2) is 12.6 Å². The number of fused-ring (bicyclic) bond motifs is 5. The SMILES string of the molecule is CC1OC(OC2C(O[C@@H]3C[C@H](O)CC4=CCC5C6CC(=O)C([C@H](C)C(=O)CC[C@@H](C)CO)C6(C)CCC5C43C)OCC(O)C2O)C(O)C(O)C1O. The van der Waals surface area contributed by atoms with Crippen molar-refractivity contribution in [3.8, 4) is 0 Å². The van der Waals surface area contributed by atoms with Crippen LogP contribution < -0.4 is 0 Å². The molecule has 2 aliphatic heterocycles. The molecule has 0 radical (unpaired) electrons. The molecule has 19 atom stereocenters. The summed E-state index contributed by atoms with van der Waals surface area (Å²) in [6.45, 7) is 9.43. The van der Waals surface area contributed by atoms with E-state index in [1.54, 1.807) is 0 Å². The maximum atomic E-state index is 13.8. The molecule has 0 spiro atoms. The van der Waals surface area contributed by atoms with E-state index < -0.39 is 78.8 Å². The lowest BCUT2D eigenvalue weighted by molar-refractivity contribution is -0.362. The number of hydrogen-bond donors (Lipinski definition) is 7. The van der Waals surface area contributed by atoms with Gasteiger partial charge in [-0.1, -0.05) is 39.3 Å². The van der Waals surface area contributed by atoms with Crippen molar-refractivity contribution >= 4 is 11.6 Å². The predicted octanol–water partition coefficient (Wildman–Crippen LogP) is 1.01. The minimum Gasteiger partial charge on any atom is -0.396 e. The van der Waals surface area contributed by atoms with E-state index >= 15 is 0 Å². The van der Waals surface area contributed by atoms with Gasteiger partial charge in [-0.25, -0.2) is 0 Å². The van der Waals surface area contributed by atoms with Crippen LogP contribution in [-0.4, -0.2) is 128 Å². The third-order valence-corrected chi connectivity index (χ3v) is 14.1. The molecule has 15 unspecified atom stereocenters. The summed E-state index contributed by atoms with van der Waals surface area (Å²) in [6.07, 6.45) is -7.04. The molecule has 7 N–H and O–H groups in total. The molecule has 13 nitrogen and oxygen atoms in total. The van der Waals surface area contributed by atoms with Gasteiger partial charge in [0.25, 0.3) is 0 Å². The zero-order valence-corrected chi connectivity index (χ0v) is 30.5. The predicted molar refractivity (Wildman–Crippen MR) is 180 cm³/mol. The number of aliphatic hydroxyl groups excluding tert-OH is 7. The van der Waals surface area contributed by atoms with E-state index in [-0.39, 0.29) is 66.2 Å². The van der Waals surface area contributed by atoms with Gasteiger partial charge < -0.3 is 54.7 Å². The number of ether oxygens (including phenoxy) is 4. The molecular weight excluding hydrogens is 664 g/mol. The molecule has 13 heteroatoms. The third-order valence-electron chi connectivity index (χ3n) is 14.1. The van der Waals surface area contributed by atoms with Crippen molar-refractivity contribution in [2.24, 2.45) is 46.3 Å². The Morgan fingerprint density at radius 2 is 1.71 bits per heavy atom. The van der Waals surface area contributed by atoms with Crippen LogP contribution >= 0.6 is 0 Å². The summed E-state index contributed by atoms with van der Waals surface area (Å²) in [5.41, 5.74) is 0.158. The molecule has 6 rings (SSSR count). The largest absolute Gasteiger partial charge is 0.396 e. The van der Waals surface area contributed by atoms with Crippen LogP contribution in [0.2, 0.25) is 0 Å². The van der Waals surface area contributed by atoms with E-state index in [0.717, 1.165) is 24.8 Å². The standard InChI is InChI=1S/C38H60O13/c1-17(15-39)6-9-25(41)18(2)29-26(42)14-24-22-8-7-20-12-21(40)13-28(38(20,5)23(22)10-11-37(24,29)4)50-36-34(31(45)27(43)16-48-36)51-35-33(47)32(46)30(44)19(3)49-35/h7,17-19,21-24,27-36,39-40,43-47H,6,8-16H2,1-5H3/t17-,18-,19?,21-,22?,23?,24?,27?,28-,29?,30?,31?,32?,33?,34?,35?,36?,37?,38?/m1/s1. The van der Waals surface area contributed by atoms with Crippen LogP contribution in [0.15, 0.2) is 11.6 Å². The van der Waals surface area contributed by atoms with Gasteiger partial charge in [0, 0.05) is 43.1 Å². The molecule has 51 heavy (non-hydrogen) atoms. The summed E-state index contributed by atoms with van der Waals surface area (Å²) in [5.74, 6) is -0.218. The lowest BCUT2D eigenvalue weighted by atomic mass is 9.46. The van der Waals surface area contributed by atoms with Crippen molar-refractivity contribution in [3.05, 3.63) is 11.6 Å². The Bertz CT molecular complexity index is 1310. The smallest absolute Gasteiger partial charge is 0.187 e. The maximum Gasteiger partial charge on any atom is 0.187 e. The Kier molecular flexibility index (Phi) is 11.6. The molecule has 290 valence electrons. The minimum absolute atomic E-state index is 0.0262. The van der Waals surface area contributed by atoms with Crippen LogP contribution in [0.3, 0.4) is 0 Å². The summed E-state index contributed by atoms with van der Waals surface area (Å²) in [5, 5.41) is 73.4. The fraction of sp³-hybridized carbons (Fsp3) is 0.895. The molecule has 3 saturated carbocycles. The Hall–Kier alpha value is -1.36. The van der Waals surface area contributed by atoms with Crippen molar-refractivity contribution in [1.82, 2.24) is 0 Å². The quantitative estimate of drug-likeness (QED) is 0.157. The Morgan fingerprint density at radius 3 is 2.41 bits per heavy atom. The van der Waals surface area contributed by atoms with Crippen LogP contribution in [0.25, 0.3) is 0 Å². The summed E-state index contributed by atoms with van der Waals surface area (Å²) < 4.78 is 24.3. The summed E-state index contributed by atoms with van der Waals surface area (Å²) in [4.78, 5) is 27.2. The second-order valence-corrected chi connectivity index (χ2v) is 17.2. The molecule has 5 fully saturated rings. The third kappa shape index (κ3) is 6.92. The molecule has 0 aromatic heterocycles. The monoisotopic (exact) mass is 724 g/mol. The zero-order valence-electron chi connectivity index (χ0n) is 30.5. The second kappa shape index (κ2) is 15.1. The molecule has 4 aliphatic carbocycles. The lowest BCUT2D eigenvalue weighted by Gasteiger charge is -2.60. The van der Waals surface area contributed by atoms with E-state index in [9.17, 15) is 45.3 Å². The van der Waals surface area contributed by atoms with Crippen molar-refractivity contribution < 1.29 is 64.3 Å². The number of aliphatic hydroxyl groups is 7. The fourth-order valence-electron chi connectivity index (χ4n) is 10.9. The first-order valence-corrected chi connectivity index (χ1v) is 19.0. The average Bonchev–Trinajstić information content (AvgIpc) is 3.37. The molecular formula is C38H60O13. The molecule has 6 aliphatic rings. The van der Waals surface area contributed by atoms with Gasteiger partial charge >= 0.3 is 0 Å². The minimum atomic E-state index is -1.65. The van der Waals surface area contributed by atoms with E-state index in [4.69, 9.17) is 18.9 Å². The summed E-state index contributed by atoms with van der Waals surface area (Å²) in [7, 11) is 0. The molecule has 2 heterocycles. The average molecular weight is 725 g/mol. The number of Topliss-reactive ketones (excluding diaryl/α,β-unsaturated/α-hetero) is 2. The van der Waals surface area contributed by atoms with E-state index in [2.05, 4.69) is 19.9 Å². The number of allylic oxidation sites excluding steroid dienone is 1. The molecule has 0 aromatic rings. The highest BCUT2D eigenvalue weighted by Crippen LogP contribution is 2.67. The Labute approximate surface area is 300 Å². The van der Waals surface area contributed by atoms with Gasteiger partial charge in [0.05, 0.1) is 24.9 Å². The van der Waals surface area contributed by atoms with Crippen LogP contribution in [0, 0.1) is 46.3 Å². The molecule has 0 aromatic carbocycles. The van der Waals surface area contributed by atoms with Crippen molar-refractivity contribution in [2.75, 3.05) is 13.2 Å². The van der Waals surface area contributed by atoms with Gasteiger partial charge in [0.2, 0.25) is 0 Å². The highest BCUT2D eigenvalue weighted by molar-refractivity contribution is 5.92. The number of rotatable bonds is 10. The van der Waals surface area contributed by atoms with Crippen molar-refractivity contribution in [2.45, 2.75) is 154 Å². The van der Waals surface area contributed by atoms with Gasteiger partial charge in [-0.15, -0.1) is 0 Å². The van der Waals surface area contributed by atoms with Crippen LogP contribution in [0.4, 0.5) is 0 Å². The first-order valence-electron chi connectivity index (χ1n) is 19.0. The Balaban J connectivity index is 1.23. The number of hydrogen-bond acceptors (Lipinski definition) is 13. The van der Waals surface area contributed by atoms with E-state index in [0.29, 0.717) is 25.7 Å². The van der Waals surface area contributed by atoms with Gasteiger partial charge in [0.1, 0.15) is 48.2 Å². The Morgan fingerprint density at radius 1 is 0.980 bits per heavy atom. The van der Waals surface area contributed by atoms with Crippen molar-refractivity contribution in [1.29, 1.82) is 0 Å². The lowest BCUT2D eigenvalue weighted by Crippen LogP contribution is -2.63. The number of carbonyl (C=O) groups excluding carboxylic acids is 2. The maximum absolute atomic E-state index is 13.8.